The molecule has 4 rings (SSSR count). The molecule has 1 aliphatic carbocycles. The number of aromatic nitrogens is 2. The van der Waals surface area contributed by atoms with Crippen molar-refractivity contribution in [3.8, 4) is 5.69 Å². The van der Waals surface area contributed by atoms with Gasteiger partial charge in [-0.1, -0.05) is 25.1 Å². The molecule has 0 spiro atoms. The minimum Gasteiger partial charge on any atom is -0.467 e. The molecule has 1 aromatic carbocycles. The smallest absolute Gasteiger partial charge is 0.226 e. The zero-order valence-electron chi connectivity index (χ0n) is 17.3. The summed E-state index contributed by atoms with van der Waals surface area (Å²) in [6.45, 7) is 3.12. The maximum atomic E-state index is 13.0. The zero-order chi connectivity index (χ0) is 20.4. The Morgan fingerprint density at radius 3 is 2.48 bits per heavy atom. The van der Waals surface area contributed by atoms with Crippen LogP contribution in [0.1, 0.15) is 36.8 Å². The second-order valence-electron chi connectivity index (χ2n) is 7.79. The predicted molar refractivity (Wildman–Crippen MR) is 113 cm³/mol. The summed E-state index contributed by atoms with van der Waals surface area (Å²) < 4.78 is 7.52. The lowest BCUT2D eigenvalue weighted by molar-refractivity contribution is -0.134. The van der Waals surface area contributed by atoms with Crippen molar-refractivity contribution in [2.75, 3.05) is 19.0 Å². The van der Waals surface area contributed by atoms with Crippen LogP contribution in [-0.2, 0) is 24.3 Å². The zero-order valence-corrected chi connectivity index (χ0v) is 17.3. The number of hydrogen-bond acceptors (Lipinski definition) is 4. The molecule has 6 nitrogen and oxygen atoms in total. The van der Waals surface area contributed by atoms with E-state index in [4.69, 9.17) is 9.52 Å². The molecule has 3 aromatic rings. The highest BCUT2D eigenvalue weighted by Gasteiger charge is 2.35. The molecule has 1 amide bonds. The third-order valence-electron chi connectivity index (χ3n) is 5.31. The maximum Gasteiger partial charge on any atom is 0.226 e. The highest BCUT2D eigenvalue weighted by atomic mass is 16.3. The molecule has 29 heavy (non-hydrogen) atoms. The van der Waals surface area contributed by atoms with Gasteiger partial charge in [0, 0.05) is 25.6 Å². The Hall–Kier alpha value is -3.02. The van der Waals surface area contributed by atoms with E-state index in [-0.39, 0.29) is 11.8 Å². The van der Waals surface area contributed by atoms with Crippen LogP contribution in [0.15, 0.2) is 53.1 Å². The summed E-state index contributed by atoms with van der Waals surface area (Å²) in [7, 11) is 4.05. The van der Waals surface area contributed by atoms with Gasteiger partial charge in [-0.3, -0.25) is 4.79 Å². The largest absolute Gasteiger partial charge is 0.467 e. The quantitative estimate of drug-likeness (QED) is 0.581. The number of aryl methyl sites for hydroxylation is 1. The number of para-hydroxylation sites is 1. The number of amides is 1. The Morgan fingerprint density at radius 1 is 1.14 bits per heavy atom. The summed E-state index contributed by atoms with van der Waals surface area (Å²) in [6.07, 6.45) is 4.43. The number of nitrogens with zero attached hydrogens (tertiary/aromatic N) is 4. The maximum absolute atomic E-state index is 13.0. The van der Waals surface area contributed by atoms with E-state index in [1.165, 1.54) is 0 Å². The first-order valence-corrected chi connectivity index (χ1v) is 10.2. The van der Waals surface area contributed by atoms with Gasteiger partial charge in [-0.2, -0.15) is 5.10 Å². The molecule has 152 valence electrons. The van der Waals surface area contributed by atoms with Gasteiger partial charge in [0.1, 0.15) is 11.6 Å². The molecule has 0 unspecified atom stereocenters. The van der Waals surface area contributed by atoms with Crippen LogP contribution >= 0.6 is 0 Å². The lowest BCUT2D eigenvalue weighted by Gasteiger charge is -2.24. The molecule has 0 N–H and O–H groups in total. The molecule has 2 aromatic heterocycles. The van der Waals surface area contributed by atoms with E-state index in [0.717, 1.165) is 47.8 Å². The second-order valence-corrected chi connectivity index (χ2v) is 7.79. The Labute approximate surface area is 171 Å². The Kier molecular flexibility index (Phi) is 5.43. The fraction of sp³-hybridized carbons (Fsp3) is 0.391. The summed E-state index contributed by atoms with van der Waals surface area (Å²) in [4.78, 5) is 17.0. The fourth-order valence-electron chi connectivity index (χ4n) is 3.72. The minimum atomic E-state index is 0.155. The summed E-state index contributed by atoms with van der Waals surface area (Å²) in [5, 5.41) is 4.90. The van der Waals surface area contributed by atoms with Gasteiger partial charge in [0.15, 0.2) is 0 Å². The highest BCUT2D eigenvalue weighted by molar-refractivity contribution is 5.81. The van der Waals surface area contributed by atoms with Gasteiger partial charge in [-0.15, -0.1) is 0 Å². The van der Waals surface area contributed by atoms with Gasteiger partial charge in [0.05, 0.1) is 30.7 Å². The standard InChI is InChI=1S/C23H28N4O2/c1-4-21-20(22(25(2)3)27(24-21)18-9-6-5-7-10-18)16-26(23(28)17-12-13-17)15-19-11-8-14-29-19/h5-11,14,17H,4,12-13,15-16H2,1-3H3. The average molecular weight is 393 g/mol. The van der Waals surface area contributed by atoms with Crippen LogP contribution in [0.2, 0.25) is 0 Å². The summed E-state index contributed by atoms with van der Waals surface area (Å²) in [6, 6.07) is 13.9. The number of anilines is 1. The van der Waals surface area contributed by atoms with Crippen molar-refractivity contribution in [1.82, 2.24) is 14.7 Å². The molecule has 0 radical (unpaired) electrons. The van der Waals surface area contributed by atoms with E-state index in [2.05, 4.69) is 24.0 Å². The second kappa shape index (κ2) is 8.15. The molecule has 1 fully saturated rings. The number of furan rings is 1. The van der Waals surface area contributed by atoms with E-state index in [1.54, 1.807) is 6.26 Å². The van der Waals surface area contributed by atoms with Crippen LogP contribution < -0.4 is 4.90 Å². The summed E-state index contributed by atoms with van der Waals surface area (Å²) in [5.74, 6) is 2.18. The van der Waals surface area contributed by atoms with Crippen LogP contribution in [0.5, 0.6) is 0 Å². The highest BCUT2D eigenvalue weighted by Crippen LogP contribution is 2.34. The van der Waals surface area contributed by atoms with Gasteiger partial charge in [-0.05, 0) is 43.5 Å². The third kappa shape index (κ3) is 4.06. The van der Waals surface area contributed by atoms with Crippen LogP contribution in [0.25, 0.3) is 5.69 Å². The van der Waals surface area contributed by atoms with Crippen molar-refractivity contribution < 1.29 is 9.21 Å². The topological polar surface area (TPSA) is 54.5 Å². The van der Waals surface area contributed by atoms with Gasteiger partial charge < -0.3 is 14.2 Å². The molecule has 2 heterocycles. The first-order valence-electron chi connectivity index (χ1n) is 10.2. The first-order chi connectivity index (χ1) is 14.1. The van der Waals surface area contributed by atoms with Gasteiger partial charge in [0.2, 0.25) is 5.91 Å². The number of benzene rings is 1. The third-order valence-corrected chi connectivity index (χ3v) is 5.31. The summed E-state index contributed by atoms with van der Waals surface area (Å²) >= 11 is 0. The lowest BCUT2D eigenvalue weighted by atomic mass is 10.1. The number of carbonyl (C=O) groups excluding carboxylic acids is 1. The van der Waals surface area contributed by atoms with Crippen LogP contribution in [0, 0.1) is 5.92 Å². The molecule has 6 heteroatoms. The number of rotatable bonds is 8. The Bertz CT molecular complexity index is 956. The first kappa shape index (κ1) is 19.3. The fourth-order valence-corrected chi connectivity index (χ4v) is 3.72. The molecule has 1 saturated carbocycles. The molecule has 0 atom stereocenters. The number of hydrogen-bond donors (Lipinski definition) is 0. The molecule has 0 aliphatic heterocycles. The number of carbonyl (C=O) groups is 1. The Morgan fingerprint density at radius 2 is 1.90 bits per heavy atom. The predicted octanol–water partition coefficient (Wildman–Crippen LogP) is 4.03. The van der Waals surface area contributed by atoms with E-state index in [0.29, 0.717) is 13.1 Å². The molecular weight excluding hydrogens is 364 g/mol. The lowest BCUT2D eigenvalue weighted by Crippen LogP contribution is -2.32. The van der Waals surface area contributed by atoms with Crippen LogP contribution in [-0.4, -0.2) is 34.7 Å². The average Bonchev–Trinajstić information content (AvgIpc) is 3.32. The SMILES string of the molecule is CCc1nn(-c2ccccc2)c(N(C)C)c1CN(Cc1ccco1)C(=O)C1CC1. The van der Waals surface area contributed by atoms with E-state index in [9.17, 15) is 4.79 Å². The molecule has 1 aliphatic rings. The molecule has 0 bridgehead atoms. The van der Waals surface area contributed by atoms with E-state index >= 15 is 0 Å². The van der Waals surface area contributed by atoms with Crippen molar-refractivity contribution in [2.24, 2.45) is 5.92 Å². The monoisotopic (exact) mass is 392 g/mol. The minimum absolute atomic E-state index is 0.155. The van der Waals surface area contributed by atoms with Crippen molar-refractivity contribution >= 4 is 11.7 Å². The van der Waals surface area contributed by atoms with Crippen molar-refractivity contribution in [1.29, 1.82) is 0 Å². The van der Waals surface area contributed by atoms with Crippen molar-refractivity contribution in [2.45, 2.75) is 39.3 Å². The van der Waals surface area contributed by atoms with E-state index in [1.807, 2.05) is 54.0 Å². The molecular formula is C23H28N4O2. The van der Waals surface area contributed by atoms with Crippen LogP contribution in [0.3, 0.4) is 0 Å². The van der Waals surface area contributed by atoms with Gasteiger partial charge in [-0.25, -0.2) is 4.68 Å². The Balaban J connectivity index is 1.73. The van der Waals surface area contributed by atoms with Gasteiger partial charge >= 0.3 is 0 Å². The normalized spacial score (nSPS) is 13.5. The van der Waals surface area contributed by atoms with Gasteiger partial charge in [0.25, 0.3) is 0 Å². The summed E-state index contributed by atoms with van der Waals surface area (Å²) in [5.41, 5.74) is 3.13. The van der Waals surface area contributed by atoms with E-state index < -0.39 is 0 Å². The van der Waals surface area contributed by atoms with Crippen LogP contribution in [0.4, 0.5) is 5.82 Å². The van der Waals surface area contributed by atoms with Crippen molar-refractivity contribution in [3.05, 3.63) is 65.7 Å². The molecule has 0 saturated heterocycles. The van der Waals surface area contributed by atoms with Crippen molar-refractivity contribution in [3.63, 3.8) is 0 Å².